The number of aliphatic hydroxyl groups excluding tert-OH is 9. The normalized spacial score (nSPS) is 57.6. The van der Waals surface area contributed by atoms with Crippen LogP contribution >= 0.6 is 0 Å². The maximum absolute atomic E-state index is 12.2. The molecular weight excluding hydrogens is 840 g/mol. The van der Waals surface area contributed by atoms with Crippen molar-refractivity contribution in [1.29, 1.82) is 0 Å². The summed E-state index contributed by atoms with van der Waals surface area (Å²) in [6.45, 7) is 14.5. The minimum atomic E-state index is -1.93. The van der Waals surface area contributed by atoms with Crippen LogP contribution in [0.15, 0.2) is 11.6 Å². The Labute approximate surface area is 374 Å². The van der Waals surface area contributed by atoms with E-state index in [0.717, 1.165) is 44.1 Å². The third-order valence-corrected chi connectivity index (χ3v) is 18.5. The number of ether oxygens (including phenoxy) is 8. The Balaban J connectivity index is 0.982. The molecule has 18 nitrogen and oxygen atoms in total. The van der Waals surface area contributed by atoms with Gasteiger partial charge < -0.3 is 89.0 Å². The average molecular weight is 915 g/mol. The summed E-state index contributed by atoms with van der Waals surface area (Å²) in [6, 6.07) is 0. The standard InChI is InChI=1S/C46H74O18/c1-20(2)14-21-15-44(7,56)36-22-8-9-26-42(5)12-11-27(41(3,4)25(42)10-13-43(26,6)45(22)18-46(36,64-21)57-19-45)60-40-35(62-38-31(52)29(50)24(17-48)59-38)34(33(54)37(55)63-40)61-39-32(53)30(51)28(49)23(16-47)58-39/h14,21-40,47-56H,8-13,15-19H2,1-7H3/t21-,22?,23+,24-,25?,26?,27-,28+,29-,30-,31+,32+,33-,34-,35+,36?,37-,38-,39-,40+,42-,43+,44?,45-,46-/m0/s1. The van der Waals surface area contributed by atoms with Crippen LogP contribution in [0.2, 0.25) is 0 Å². The lowest BCUT2D eigenvalue weighted by Gasteiger charge is -2.70. The van der Waals surface area contributed by atoms with Gasteiger partial charge >= 0.3 is 0 Å². The zero-order chi connectivity index (χ0) is 46.3. The number of aliphatic hydroxyl groups is 10. The molecule has 5 unspecified atom stereocenters. The van der Waals surface area contributed by atoms with E-state index in [1.165, 1.54) is 0 Å². The van der Waals surface area contributed by atoms with Crippen molar-refractivity contribution in [3.63, 3.8) is 0 Å². The molecule has 0 aromatic rings. The van der Waals surface area contributed by atoms with Crippen molar-refractivity contribution in [2.24, 2.45) is 45.3 Å². The van der Waals surface area contributed by atoms with E-state index in [-0.39, 0.29) is 40.1 Å². The minimum absolute atomic E-state index is 0.100. The van der Waals surface area contributed by atoms with Gasteiger partial charge in [-0.15, -0.1) is 0 Å². The van der Waals surface area contributed by atoms with E-state index in [2.05, 4.69) is 47.6 Å². The maximum Gasteiger partial charge on any atom is 0.190 e. The van der Waals surface area contributed by atoms with E-state index in [4.69, 9.17) is 37.9 Å². The smallest absolute Gasteiger partial charge is 0.190 e. The lowest BCUT2D eigenvalue weighted by Crippen LogP contribution is -2.68. The fourth-order valence-corrected chi connectivity index (χ4v) is 15.6. The Hall–Kier alpha value is -0.980. The summed E-state index contributed by atoms with van der Waals surface area (Å²) in [4.78, 5) is 0. The van der Waals surface area contributed by atoms with E-state index in [1.54, 1.807) is 0 Å². The fourth-order valence-electron chi connectivity index (χ4n) is 15.6. The first-order valence-electron chi connectivity index (χ1n) is 23.6. The Kier molecular flexibility index (Phi) is 12.4. The Morgan fingerprint density at radius 2 is 1.30 bits per heavy atom. The molecule has 9 rings (SSSR count). The van der Waals surface area contributed by atoms with E-state index in [9.17, 15) is 51.1 Å². The highest BCUT2D eigenvalue weighted by molar-refractivity contribution is 5.26. The first-order valence-corrected chi connectivity index (χ1v) is 23.6. The van der Waals surface area contributed by atoms with Crippen LogP contribution in [0.5, 0.6) is 0 Å². The molecule has 366 valence electrons. The predicted molar refractivity (Wildman–Crippen MR) is 220 cm³/mol. The van der Waals surface area contributed by atoms with Gasteiger partial charge in [0.25, 0.3) is 0 Å². The molecular formula is C46H74O18. The highest BCUT2D eigenvalue weighted by Crippen LogP contribution is 2.80. The van der Waals surface area contributed by atoms with Crippen molar-refractivity contribution >= 4 is 0 Å². The number of hydrogen-bond donors (Lipinski definition) is 10. The van der Waals surface area contributed by atoms with E-state index in [1.807, 2.05) is 6.92 Å². The molecule has 0 aromatic carbocycles. The van der Waals surface area contributed by atoms with Crippen molar-refractivity contribution in [3.05, 3.63) is 11.6 Å². The molecule has 18 heteroatoms. The SMILES string of the molecule is CC(C)=C[C@H]1CC(C)(O)C2C3CCC4[C@@]5(C)CC[C@H](O[C@@H]6O[C@H](O)[C@@H](O)[C@H](O[C@@H]7O[C@H](CO)[C@@H](O)[C@H](O)[C@H]7O)[C@H]6O[C@@H]6O[C@@H](CO)[C@H](O)[C@H]6O)C(C)(C)C5CC[C@@]4(C)[C@@]34CO[C@@]2(C4)O1. The van der Waals surface area contributed by atoms with Crippen LogP contribution in [0.1, 0.15) is 99.8 Å². The van der Waals surface area contributed by atoms with Crippen LogP contribution in [-0.2, 0) is 37.9 Å². The van der Waals surface area contributed by atoms with Crippen molar-refractivity contribution in [2.45, 2.75) is 210 Å². The summed E-state index contributed by atoms with van der Waals surface area (Å²) in [6.07, 6.45) is -15.3. The largest absolute Gasteiger partial charge is 0.394 e. The van der Waals surface area contributed by atoms with Gasteiger partial charge in [0.1, 0.15) is 61.0 Å². The van der Waals surface area contributed by atoms with Crippen LogP contribution in [-0.4, -0.2) is 181 Å². The van der Waals surface area contributed by atoms with Gasteiger partial charge in [-0.05, 0) is 93.3 Å². The summed E-state index contributed by atoms with van der Waals surface area (Å²) in [7, 11) is 0. The molecule has 25 atom stereocenters. The fraction of sp³-hybridized carbons (Fsp3) is 0.957. The number of hydrogen-bond acceptors (Lipinski definition) is 18. The Morgan fingerprint density at radius 1 is 0.672 bits per heavy atom. The summed E-state index contributed by atoms with van der Waals surface area (Å²) in [5, 5.41) is 108. The second-order valence-electron chi connectivity index (χ2n) is 22.6. The summed E-state index contributed by atoms with van der Waals surface area (Å²) in [5.41, 5.74) is -0.704. The van der Waals surface area contributed by atoms with Crippen molar-refractivity contribution in [1.82, 2.24) is 0 Å². The molecule has 5 saturated heterocycles. The minimum Gasteiger partial charge on any atom is -0.394 e. The Morgan fingerprint density at radius 3 is 1.94 bits per heavy atom. The second kappa shape index (κ2) is 16.6. The van der Waals surface area contributed by atoms with E-state index < -0.39 is 122 Å². The van der Waals surface area contributed by atoms with Crippen LogP contribution in [0.3, 0.4) is 0 Å². The predicted octanol–water partition coefficient (Wildman–Crippen LogP) is -0.0758. The summed E-state index contributed by atoms with van der Waals surface area (Å²) < 4.78 is 50.1. The van der Waals surface area contributed by atoms with Crippen LogP contribution in [0, 0.1) is 45.3 Å². The molecule has 5 aliphatic heterocycles. The Bertz CT molecular complexity index is 1740. The second-order valence-corrected chi connectivity index (χ2v) is 22.6. The molecule has 5 heterocycles. The first-order chi connectivity index (χ1) is 30.0. The van der Waals surface area contributed by atoms with Gasteiger partial charge in [-0.3, -0.25) is 0 Å². The van der Waals surface area contributed by atoms with Gasteiger partial charge in [-0.25, -0.2) is 0 Å². The van der Waals surface area contributed by atoms with Gasteiger partial charge in [-0.1, -0.05) is 39.3 Å². The summed E-state index contributed by atoms with van der Waals surface area (Å²) in [5.74, 6) is -0.210. The number of fused-ring (bicyclic) bond motifs is 4. The lowest BCUT2D eigenvalue weighted by atomic mass is 9.35. The molecule has 9 fully saturated rings. The molecule has 4 aliphatic carbocycles. The molecule has 10 N–H and O–H groups in total. The van der Waals surface area contributed by atoms with Gasteiger partial charge in [0.15, 0.2) is 30.9 Å². The third-order valence-electron chi connectivity index (χ3n) is 18.5. The lowest BCUT2D eigenvalue weighted by molar-refractivity contribution is -0.405. The van der Waals surface area contributed by atoms with Crippen molar-refractivity contribution in [2.75, 3.05) is 19.8 Å². The zero-order valence-electron chi connectivity index (χ0n) is 38.1. The van der Waals surface area contributed by atoms with E-state index in [0.29, 0.717) is 25.4 Å². The molecule has 2 spiro atoms. The van der Waals surface area contributed by atoms with Crippen molar-refractivity contribution in [3.8, 4) is 0 Å². The molecule has 0 aromatic heterocycles. The van der Waals surface area contributed by atoms with E-state index >= 15 is 0 Å². The highest BCUT2D eigenvalue weighted by atomic mass is 16.8. The van der Waals surface area contributed by atoms with Crippen LogP contribution in [0.25, 0.3) is 0 Å². The topological polar surface area (TPSA) is 276 Å². The third kappa shape index (κ3) is 7.09. The number of rotatable bonds is 9. The van der Waals surface area contributed by atoms with Crippen LogP contribution in [0.4, 0.5) is 0 Å². The summed E-state index contributed by atoms with van der Waals surface area (Å²) >= 11 is 0. The van der Waals surface area contributed by atoms with Crippen LogP contribution < -0.4 is 0 Å². The van der Waals surface area contributed by atoms with Gasteiger partial charge in [0.05, 0.1) is 37.6 Å². The average Bonchev–Trinajstić information content (AvgIpc) is 3.84. The molecule has 2 bridgehead atoms. The molecule has 64 heavy (non-hydrogen) atoms. The van der Waals surface area contributed by atoms with Gasteiger partial charge in [0, 0.05) is 24.2 Å². The van der Waals surface area contributed by atoms with Gasteiger partial charge in [0.2, 0.25) is 0 Å². The molecule has 9 aliphatic rings. The highest BCUT2D eigenvalue weighted by Gasteiger charge is 2.81. The molecule has 0 radical (unpaired) electrons. The molecule has 4 saturated carbocycles. The molecule has 0 amide bonds. The van der Waals surface area contributed by atoms with Crippen molar-refractivity contribution < 1.29 is 89.0 Å². The monoisotopic (exact) mass is 914 g/mol. The van der Waals surface area contributed by atoms with Gasteiger partial charge in [-0.2, -0.15) is 0 Å². The number of allylic oxidation sites excluding steroid dienone is 1. The quantitative estimate of drug-likeness (QED) is 0.107. The first kappa shape index (κ1) is 48.1. The zero-order valence-corrected chi connectivity index (χ0v) is 38.1. The maximum atomic E-state index is 12.2.